The molecule has 8 heteroatoms. The molecule has 0 saturated heterocycles. The third-order valence-corrected chi connectivity index (χ3v) is 2.69. The molecule has 8 nitrogen and oxygen atoms in total. The topological polar surface area (TPSA) is 110 Å². The Labute approximate surface area is 120 Å². The number of anilines is 1. The van der Waals surface area contributed by atoms with E-state index in [1.807, 2.05) is 0 Å². The maximum absolute atomic E-state index is 11.7. The van der Waals surface area contributed by atoms with Crippen LogP contribution in [0, 0.1) is 17.0 Å². The highest BCUT2D eigenvalue weighted by Crippen LogP contribution is 2.22. The van der Waals surface area contributed by atoms with Gasteiger partial charge < -0.3 is 15.2 Å². The van der Waals surface area contributed by atoms with Crippen molar-refractivity contribution in [1.82, 2.24) is 10.5 Å². The molecule has 0 atom stereocenters. The SMILES string of the molecule is Cc1cc(C(=O)NCCNc2ccccc2[N+](=O)[O-])no1. The number of nitro groups is 1. The Kier molecular flexibility index (Phi) is 4.50. The molecule has 0 saturated carbocycles. The van der Waals surface area contributed by atoms with Crippen molar-refractivity contribution in [3.05, 3.63) is 51.9 Å². The molecule has 0 unspecified atom stereocenters. The number of hydrogen-bond acceptors (Lipinski definition) is 6. The average molecular weight is 290 g/mol. The van der Waals surface area contributed by atoms with Crippen LogP contribution in [0.2, 0.25) is 0 Å². The molecule has 1 heterocycles. The molecule has 0 bridgehead atoms. The molecule has 1 aromatic heterocycles. The van der Waals surface area contributed by atoms with Crippen molar-refractivity contribution in [3.8, 4) is 0 Å². The molecular weight excluding hydrogens is 276 g/mol. The number of nitro benzene ring substituents is 1. The Bertz CT molecular complexity index is 653. The van der Waals surface area contributed by atoms with Gasteiger partial charge in [-0.3, -0.25) is 14.9 Å². The van der Waals surface area contributed by atoms with Gasteiger partial charge in [0.25, 0.3) is 11.6 Å². The molecule has 1 amide bonds. The lowest BCUT2D eigenvalue weighted by Crippen LogP contribution is -2.29. The van der Waals surface area contributed by atoms with E-state index in [0.29, 0.717) is 24.5 Å². The summed E-state index contributed by atoms with van der Waals surface area (Å²) in [6, 6.07) is 7.86. The normalized spacial score (nSPS) is 10.1. The van der Waals surface area contributed by atoms with Gasteiger partial charge in [-0.25, -0.2) is 0 Å². The third-order valence-electron chi connectivity index (χ3n) is 2.69. The zero-order valence-electron chi connectivity index (χ0n) is 11.3. The second kappa shape index (κ2) is 6.51. The minimum Gasteiger partial charge on any atom is -0.378 e. The largest absolute Gasteiger partial charge is 0.378 e. The summed E-state index contributed by atoms with van der Waals surface area (Å²) in [7, 11) is 0. The van der Waals surface area contributed by atoms with Crippen molar-refractivity contribution in [3.63, 3.8) is 0 Å². The van der Waals surface area contributed by atoms with Crippen molar-refractivity contribution in [2.45, 2.75) is 6.92 Å². The number of hydrogen-bond donors (Lipinski definition) is 2. The van der Waals surface area contributed by atoms with Gasteiger partial charge in [-0.2, -0.15) is 0 Å². The number of carbonyl (C=O) groups excluding carboxylic acids is 1. The van der Waals surface area contributed by atoms with Crippen molar-refractivity contribution < 1.29 is 14.2 Å². The quantitative estimate of drug-likeness (QED) is 0.476. The van der Waals surface area contributed by atoms with E-state index in [1.165, 1.54) is 12.1 Å². The highest BCUT2D eigenvalue weighted by atomic mass is 16.6. The van der Waals surface area contributed by atoms with Gasteiger partial charge >= 0.3 is 0 Å². The number of benzene rings is 1. The van der Waals surface area contributed by atoms with Crippen LogP contribution in [-0.4, -0.2) is 29.1 Å². The Morgan fingerprint density at radius 1 is 1.38 bits per heavy atom. The first-order chi connectivity index (χ1) is 10.1. The molecule has 110 valence electrons. The standard InChI is InChI=1S/C13H14N4O4/c1-9-8-11(16-21-9)13(18)15-7-6-14-10-4-2-3-5-12(10)17(19)20/h2-5,8,14H,6-7H2,1H3,(H,15,18). The van der Waals surface area contributed by atoms with Crippen LogP contribution in [-0.2, 0) is 0 Å². The Balaban J connectivity index is 1.83. The maximum Gasteiger partial charge on any atom is 0.292 e. The molecule has 0 aliphatic heterocycles. The van der Waals surface area contributed by atoms with Gasteiger partial charge in [-0.15, -0.1) is 0 Å². The van der Waals surface area contributed by atoms with Crippen molar-refractivity contribution in [1.29, 1.82) is 0 Å². The van der Waals surface area contributed by atoms with E-state index < -0.39 is 4.92 Å². The van der Waals surface area contributed by atoms with Crippen molar-refractivity contribution >= 4 is 17.3 Å². The smallest absolute Gasteiger partial charge is 0.292 e. The molecule has 2 rings (SSSR count). The second-order valence-corrected chi connectivity index (χ2v) is 4.28. The average Bonchev–Trinajstić information content (AvgIpc) is 2.90. The van der Waals surface area contributed by atoms with Crippen LogP contribution >= 0.6 is 0 Å². The molecule has 2 N–H and O–H groups in total. The first-order valence-electron chi connectivity index (χ1n) is 6.26. The number of aromatic nitrogens is 1. The van der Waals surface area contributed by atoms with Gasteiger partial charge in [0.1, 0.15) is 11.4 Å². The van der Waals surface area contributed by atoms with Crippen LogP contribution < -0.4 is 10.6 Å². The molecule has 0 radical (unpaired) electrons. The maximum atomic E-state index is 11.7. The number of aryl methyl sites for hydroxylation is 1. The number of nitrogens with zero attached hydrogens (tertiary/aromatic N) is 2. The number of carbonyl (C=O) groups is 1. The summed E-state index contributed by atoms with van der Waals surface area (Å²) < 4.78 is 4.80. The predicted octanol–water partition coefficient (Wildman–Crippen LogP) is 1.73. The lowest BCUT2D eigenvalue weighted by Gasteiger charge is -2.07. The Morgan fingerprint density at radius 3 is 2.81 bits per heavy atom. The van der Waals surface area contributed by atoms with Crippen LogP contribution in [0.5, 0.6) is 0 Å². The van der Waals surface area contributed by atoms with Gasteiger partial charge in [-0.05, 0) is 13.0 Å². The van der Waals surface area contributed by atoms with Crippen LogP contribution in [0.1, 0.15) is 16.2 Å². The summed E-state index contributed by atoms with van der Waals surface area (Å²) in [5, 5.41) is 20.0. The third kappa shape index (κ3) is 3.78. The molecule has 0 aliphatic carbocycles. The van der Waals surface area contributed by atoms with Gasteiger partial charge in [0.15, 0.2) is 5.69 Å². The van der Waals surface area contributed by atoms with E-state index in [2.05, 4.69) is 15.8 Å². The minimum absolute atomic E-state index is 0.00375. The van der Waals surface area contributed by atoms with E-state index in [1.54, 1.807) is 25.1 Å². The molecule has 2 aromatic rings. The Morgan fingerprint density at radius 2 is 2.14 bits per heavy atom. The van der Waals surface area contributed by atoms with Crippen LogP contribution in [0.25, 0.3) is 0 Å². The highest BCUT2D eigenvalue weighted by Gasteiger charge is 2.12. The summed E-state index contributed by atoms with van der Waals surface area (Å²) in [5.74, 6) is 0.203. The number of amides is 1. The first-order valence-corrected chi connectivity index (χ1v) is 6.26. The number of nitrogens with one attached hydrogen (secondary N) is 2. The Hall–Kier alpha value is -2.90. The predicted molar refractivity (Wildman–Crippen MR) is 75.2 cm³/mol. The van der Waals surface area contributed by atoms with Crippen LogP contribution in [0.15, 0.2) is 34.9 Å². The number of rotatable bonds is 6. The molecular formula is C13H14N4O4. The zero-order valence-corrected chi connectivity index (χ0v) is 11.3. The van der Waals surface area contributed by atoms with Crippen molar-refractivity contribution in [2.75, 3.05) is 18.4 Å². The van der Waals surface area contributed by atoms with Gasteiger partial charge in [0.2, 0.25) is 0 Å². The second-order valence-electron chi connectivity index (χ2n) is 4.28. The first kappa shape index (κ1) is 14.5. The van der Waals surface area contributed by atoms with Crippen LogP contribution in [0.4, 0.5) is 11.4 Å². The van der Waals surface area contributed by atoms with E-state index in [9.17, 15) is 14.9 Å². The lowest BCUT2D eigenvalue weighted by molar-refractivity contribution is -0.384. The lowest BCUT2D eigenvalue weighted by atomic mass is 10.2. The molecule has 21 heavy (non-hydrogen) atoms. The zero-order chi connectivity index (χ0) is 15.2. The van der Waals surface area contributed by atoms with E-state index in [-0.39, 0.29) is 17.3 Å². The monoisotopic (exact) mass is 290 g/mol. The summed E-state index contributed by atoms with van der Waals surface area (Å²) in [4.78, 5) is 22.0. The van der Waals surface area contributed by atoms with E-state index in [0.717, 1.165) is 0 Å². The summed E-state index contributed by atoms with van der Waals surface area (Å²) in [6.07, 6.45) is 0. The van der Waals surface area contributed by atoms with Gasteiger partial charge in [0.05, 0.1) is 4.92 Å². The fourth-order valence-corrected chi connectivity index (χ4v) is 1.72. The highest BCUT2D eigenvalue weighted by molar-refractivity contribution is 5.92. The molecule has 1 aromatic carbocycles. The minimum atomic E-state index is -0.459. The molecule has 0 spiro atoms. The number of para-hydroxylation sites is 2. The van der Waals surface area contributed by atoms with E-state index >= 15 is 0 Å². The molecule has 0 aliphatic rings. The van der Waals surface area contributed by atoms with Gasteiger partial charge in [0, 0.05) is 25.2 Å². The van der Waals surface area contributed by atoms with Gasteiger partial charge in [-0.1, -0.05) is 17.3 Å². The summed E-state index contributed by atoms with van der Waals surface area (Å²) >= 11 is 0. The van der Waals surface area contributed by atoms with Crippen LogP contribution in [0.3, 0.4) is 0 Å². The fourth-order valence-electron chi connectivity index (χ4n) is 1.72. The van der Waals surface area contributed by atoms with E-state index in [4.69, 9.17) is 4.52 Å². The fraction of sp³-hybridized carbons (Fsp3) is 0.231. The molecule has 0 fully saturated rings. The summed E-state index contributed by atoms with van der Waals surface area (Å²) in [5.41, 5.74) is 0.614. The summed E-state index contributed by atoms with van der Waals surface area (Å²) in [6.45, 7) is 2.35. The van der Waals surface area contributed by atoms with Crippen molar-refractivity contribution in [2.24, 2.45) is 0 Å².